The van der Waals surface area contributed by atoms with Crippen molar-refractivity contribution in [2.24, 2.45) is 5.92 Å². The molecule has 1 unspecified atom stereocenters. The van der Waals surface area contributed by atoms with Crippen molar-refractivity contribution in [3.05, 3.63) is 6.07 Å². The van der Waals surface area contributed by atoms with Gasteiger partial charge in [-0.2, -0.15) is 9.97 Å². The van der Waals surface area contributed by atoms with Gasteiger partial charge < -0.3 is 16.4 Å². The van der Waals surface area contributed by atoms with E-state index in [1.165, 1.54) is 12.8 Å². The molecular formula is C13H25N5. The lowest BCUT2D eigenvalue weighted by molar-refractivity contribution is 0.520. The number of rotatable bonds is 7. The van der Waals surface area contributed by atoms with E-state index in [-0.39, 0.29) is 0 Å². The van der Waals surface area contributed by atoms with Crippen molar-refractivity contribution in [3.8, 4) is 0 Å². The number of nitrogens with zero attached hydrogens (tertiary/aromatic N) is 2. The predicted octanol–water partition coefficient (Wildman–Crippen LogP) is 2.73. The molecule has 0 spiro atoms. The smallest absolute Gasteiger partial charge is 0.223 e. The van der Waals surface area contributed by atoms with Crippen LogP contribution in [0.4, 0.5) is 17.6 Å². The van der Waals surface area contributed by atoms with Gasteiger partial charge in [0.1, 0.15) is 11.6 Å². The van der Waals surface area contributed by atoms with Gasteiger partial charge in [0.25, 0.3) is 0 Å². The molecule has 0 amide bonds. The molecule has 102 valence electrons. The Bertz CT molecular complexity index is 364. The molecule has 0 fully saturated rings. The molecule has 0 saturated carbocycles. The molecule has 1 atom stereocenters. The van der Waals surface area contributed by atoms with Crippen LogP contribution in [0.3, 0.4) is 0 Å². The van der Waals surface area contributed by atoms with Crippen LogP contribution in [0, 0.1) is 5.92 Å². The highest BCUT2D eigenvalue weighted by Gasteiger charge is 2.06. The SMILES string of the molecule is CNc1cc(NC(C)CCCC(C)C)nc(N)n1. The standard InChI is InChI=1S/C13H25N5/c1-9(2)6-5-7-10(3)16-12-8-11(15-4)17-13(14)18-12/h8-10H,5-7H2,1-4H3,(H4,14,15,16,17,18). The molecule has 5 heteroatoms. The second-order valence-electron chi connectivity index (χ2n) is 5.12. The maximum Gasteiger partial charge on any atom is 0.223 e. The van der Waals surface area contributed by atoms with E-state index < -0.39 is 0 Å². The predicted molar refractivity (Wildman–Crippen MR) is 77.8 cm³/mol. The minimum absolute atomic E-state index is 0.290. The average Bonchev–Trinajstić information content (AvgIpc) is 2.27. The van der Waals surface area contributed by atoms with Crippen molar-refractivity contribution < 1.29 is 0 Å². The summed E-state index contributed by atoms with van der Waals surface area (Å²) in [6, 6.07) is 2.26. The number of aromatic nitrogens is 2. The molecule has 0 bridgehead atoms. The highest BCUT2D eigenvalue weighted by atomic mass is 15.1. The Morgan fingerprint density at radius 2 is 1.83 bits per heavy atom. The quantitative estimate of drug-likeness (QED) is 0.694. The topological polar surface area (TPSA) is 75.9 Å². The highest BCUT2D eigenvalue weighted by molar-refractivity contribution is 5.50. The molecule has 0 aromatic carbocycles. The summed E-state index contributed by atoms with van der Waals surface area (Å²) in [6.07, 6.45) is 3.63. The van der Waals surface area contributed by atoms with Crippen molar-refractivity contribution in [2.45, 2.75) is 46.1 Å². The number of nitrogens with one attached hydrogen (secondary N) is 2. The first-order chi connectivity index (χ1) is 8.51. The van der Waals surface area contributed by atoms with Gasteiger partial charge in [0, 0.05) is 19.2 Å². The number of nitrogen functional groups attached to an aromatic ring is 1. The fourth-order valence-electron chi connectivity index (χ4n) is 1.82. The molecule has 1 aromatic heterocycles. The van der Waals surface area contributed by atoms with Crippen LogP contribution < -0.4 is 16.4 Å². The molecule has 18 heavy (non-hydrogen) atoms. The third-order valence-corrected chi connectivity index (χ3v) is 2.81. The summed E-state index contributed by atoms with van der Waals surface area (Å²) in [7, 11) is 1.82. The van der Waals surface area contributed by atoms with Gasteiger partial charge in [-0.05, 0) is 19.3 Å². The summed E-state index contributed by atoms with van der Waals surface area (Å²) in [4.78, 5) is 8.24. The number of nitrogens with two attached hydrogens (primary N) is 1. The molecule has 0 saturated heterocycles. The lowest BCUT2D eigenvalue weighted by Gasteiger charge is -2.15. The summed E-state index contributed by atoms with van der Waals surface area (Å²) < 4.78 is 0. The van der Waals surface area contributed by atoms with Crippen LogP contribution in [0.2, 0.25) is 0 Å². The van der Waals surface area contributed by atoms with Crippen LogP contribution >= 0.6 is 0 Å². The van der Waals surface area contributed by atoms with E-state index in [1.54, 1.807) is 0 Å². The molecule has 0 aliphatic heterocycles. The van der Waals surface area contributed by atoms with E-state index in [0.29, 0.717) is 12.0 Å². The average molecular weight is 251 g/mol. The summed E-state index contributed by atoms with van der Waals surface area (Å²) >= 11 is 0. The largest absolute Gasteiger partial charge is 0.373 e. The molecule has 0 aliphatic carbocycles. The van der Waals surface area contributed by atoms with Gasteiger partial charge in [0.15, 0.2) is 0 Å². The van der Waals surface area contributed by atoms with Crippen molar-refractivity contribution in [3.63, 3.8) is 0 Å². The van der Waals surface area contributed by atoms with Crippen molar-refractivity contribution >= 4 is 17.6 Å². The Kier molecular flexibility index (Phi) is 5.68. The summed E-state index contributed by atoms with van der Waals surface area (Å²) in [5.74, 6) is 2.57. The molecule has 0 radical (unpaired) electrons. The van der Waals surface area contributed by atoms with Crippen LogP contribution in [0.1, 0.15) is 40.0 Å². The summed E-state index contributed by atoms with van der Waals surface area (Å²) in [5, 5.41) is 6.33. The third kappa shape index (κ3) is 5.21. The van der Waals surface area contributed by atoms with Gasteiger partial charge in [0.2, 0.25) is 5.95 Å². The Hall–Kier alpha value is -1.52. The molecule has 1 heterocycles. The van der Waals surface area contributed by atoms with Gasteiger partial charge in [-0.3, -0.25) is 0 Å². The van der Waals surface area contributed by atoms with Gasteiger partial charge in [-0.15, -0.1) is 0 Å². The molecule has 4 N–H and O–H groups in total. The zero-order valence-electron chi connectivity index (χ0n) is 11.8. The van der Waals surface area contributed by atoms with Crippen LogP contribution in [0.25, 0.3) is 0 Å². The van der Waals surface area contributed by atoms with Crippen LogP contribution in [0.5, 0.6) is 0 Å². The molecule has 5 nitrogen and oxygen atoms in total. The molecular weight excluding hydrogens is 226 g/mol. The fraction of sp³-hybridized carbons (Fsp3) is 0.692. The molecule has 0 aliphatic rings. The first-order valence-electron chi connectivity index (χ1n) is 6.60. The summed E-state index contributed by atoms with van der Waals surface area (Å²) in [6.45, 7) is 6.67. The zero-order chi connectivity index (χ0) is 13.5. The molecule has 1 aromatic rings. The first kappa shape index (κ1) is 14.5. The van der Waals surface area contributed by atoms with Crippen molar-refractivity contribution in [1.82, 2.24) is 9.97 Å². The van der Waals surface area contributed by atoms with Gasteiger partial charge in [-0.1, -0.05) is 26.7 Å². The van der Waals surface area contributed by atoms with Crippen LogP contribution in [-0.4, -0.2) is 23.1 Å². The van der Waals surface area contributed by atoms with E-state index in [0.717, 1.165) is 24.0 Å². The normalized spacial score (nSPS) is 12.5. The van der Waals surface area contributed by atoms with Crippen molar-refractivity contribution in [2.75, 3.05) is 23.4 Å². The number of hydrogen-bond donors (Lipinski definition) is 3. The number of anilines is 3. The monoisotopic (exact) mass is 251 g/mol. The van der Waals surface area contributed by atoms with Crippen molar-refractivity contribution in [1.29, 1.82) is 0 Å². The van der Waals surface area contributed by atoms with E-state index in [2.05, 4.69) is 41.4 Å². The van der Waals surface area contributed by atoms with Gasteiger partial charge in [-0.25, -0.2) is 0 Å². The maximum absolute atomic E-state index is 5.65. The molecule has 1 rings (SSSR count). The lowest BCUT2D eigenvalue weighted by Crippen LogP contribution is -2.17. The Labute approximate surface area is 110 Å². The Balaban J connectivity index is 2.48. The van der Waals surface area contributed by atoms with E-state index in [1.807, 2.05) is 13.1 Å². The van der Waals surface area contributed by atoms with Gasteiger partial charge >= 0.3 is 0 Å². The summed E-state index contributed by atoms with van der Waals surface area (Å²) in [5.41, 5.74) is 5.65. The zero-order valence-corrected chi connectivity index (χ0v) is 11.8. The minimum atomic E-state index is 0.290. The van der Waals surface area contributed by atoms with E-state index >= 15 is 0 Å². The van der Waals surface area contributed by atoms with E-state index in [9.17, 15) is 0 Å². The Morgan fingerprint density at radius 3 is 2.44 bits per heavy atom. The maximum atomic E-state index is 5.65. The van der Waals surface area contributed by atoms with Gasteiger partial charge in [0.05, 0.1) is 0 Å². The van der Waals surface area contributed by atoms with Crippen LogP contribution in [-0.2, 0) is 0 Å². The second kappa shape index (κ2) is 7.03. The first-order valence-corrected chi connectivity index (χ1v) is 6.60. The minimum Gasteiger partial charge on any atom is -0.373 e. The Morgan fingerprint density at radius 1 is 1.17 bits per heavy atom. The third-order valence-electron chi connectivity index (χ3n) is 2.81. The van der Waals surface area contributed by atoms with Crippen LogP contribution in [0.15, 0.2) is 6.07 Å². The van der Waals surface area contributed by atoms with E-state index in [4.69, 9.17) is 5.73 Å². The number of hydrogen-bond acceptors (Lipinski definition) is 5. The lowest BCUT2D eigenvalue weighted by atomic mass is 10.0. The fourth-order valence-corrected chi connectivity index (χ4v) is 1.82. The highest BCUT2D eigenvalue weighted by Crippen LogP contribution is 2.15. The second-order valence-corrected chi connectivity index (χ2v) is 5.12.